The average molecular weight is 561 g/mol. The summed E-state index contributed by atoms with van der Waals surface area (Å²) >= 11 is 3.20. The predicted molar refractivity (Wildman–Crippen MR) is 134 cm³/mol. The number of amides is 3. The third-order valence-corrected chi connectivity index (χ3v) is 5.65. The average Bonchev–Trinajstić information content (AvgIpc) is 2.84. The highest BCUT2D eigenvalue weighted by Gasteiger charge is 2.32. The molecule has 1 aliphatic heterocycles. The summed E-state index contributed by atoms with van der Waals surface area (Å²) in [4.78, 5) is 36.7. The number of nitrogens with one attached hydrogen (secondary N) is 3. The summed E-state index contributed by atoms with van der Waals surface area (Å²) in [5, 5.41) is 18.7. The van der Waals surface area contributed by atoms with Crippen LogP contribution in [0.2, 0.25) is 0 Å². The largest absolute Gasteiger partial charge is 0.507 e. The number of hydrogen-bond donors (Lipinski definition) is 4. The lowest BCUT2D eigenvalue weighted by Crippen LogP contribution is -2.45. The number of rotatable bonds is 9. The van der Waals surface area contributed by atoms with E-state index in [4.69, 9.17) is 14.2 Å². The van der Waals surface area contributed by atoms with Crippen LogP contribution in [0.3, 0.4) is 0 Å². The van der Waals surface area contributed by atoms with Crippen molar-refractivity contribution in [3.05, 3.63) is 63.3 Å². The number of methoxy groups -OCH3 is 1. The number of ether oxygens (including phenoxy) is 3. The number of carbonyl (C=O) groups excluding carboxylic acids is 3. The van der Waals surface area contributed by atoms with Crippen molar-refractivity contribution < 1.29 is 33.7 Å². The van der Waals surface area contributed by atoms with E-state index >= 15 is 0 Å². The van der Waals surface area contributed by atoms with E-state index < -0.39 is 23.9 Å². The summed E-state index contributed by atoms with van der Waals surface area (Å²) in [7, 11) is 1.43. The standard InChI is InChI=1S/C24H25BrN4O7/c1-4-35-23(32)21-13(2)27-24(33)28-22(21)15-6-8-18(19(10-15)34-3)36-12-20(31)29-26-11-14-5-7-17(30)16(25)9-14/h5-11,22,30H,4,12H2,1-3H3,(H,29,31)(H2,27,28,33)/b26-11-/t22-/m0/s1. The third-order valence-electron chi connectivity index (χ3n) is 5.02. The molecule has 0 unspecified atom stereocenters. The van der Waals surface area contributed by atoms with Crippen molar-refractivity contribution in [2.45, 2.75) is 19.9 Å². The zero-order valence-corrected chi connectivity index (χ0v) is 21.3. The van der Waals surface area contributed by atoms with Gasteiger partial charge in [0.05, 0.1) is 36.0 Å². The van der Waals surface area contributed by atoms with Crippen molar-refractivity contribution in [3.8, 4) is 17.2 Å². The first-order chi connectivity index (χ1) is 17.2. The van der Waals surface area contributed by atoms with Gasteiger partial charge in [0.15, 0.2) is 18.1 Å². The molecule has 0 saturated carbocycles. The van der Waals surface area contributed by atoms with Gasteiger partial charge >= 0.3 is 12.0 Å². The van der Waals surface area contributed by atoms with Crippen molar-refractivity contribution >= 4 is 40.1 Å². The molecule has 3 amide bonds. The Labute approximate surface area is 215 Å². The second kappa shape index (κ2) is 12.1. The molecule has 0 fully saturated rings. The van der Waals surface area contributed by atoms with E-state index in [0.717, 1.165) is 0 Å². The molecule has 0 aromatic heterocycles. The lowest BCUT2D eigenvalue weighted by molar-refractivity contribution is -0.139. The number of phenolic OH excluding ortho intramolecular Hbond substituents is 1. The zero-order valence-electron chi connectivity index (χ0n) is 19.8. The number of nitrogens with zero attached hydrogens (tertiary/aromatic N) is 1. The van der Waals surface area contributed by atoms with E-state index in [9.17, 15) is 19.5 Å². The van der Waals surface area contributed by atoms with Gasteiger partial charge in [-0.1, -0.05) is 6.07 Å². The molecule has 190 valence electrons. The van der Waals surface area contributed by atoms with Crippen LogP contribution in [-0.2, 0) is 14.3 Å². The number of esters is 1. The molecule has 0 aliphatic carbocycles. The summed E-state index contributed by atoms with van der Waals surface area (Å²) in [5.41, 5.74) is 4.23. The molecule has 1 heterocycles. The molecule has 1 aliphatic rings. The summed E-state index contributed by atoms with van der Waals surface area (Å²) in [6, 6.07) is 8.38. The Morgan fingerprint density at radius 1 is 1.22 bits per heavy atom. The fourth-order valence-corrected chi connectivity index (χ4v) is 3.76. The molecule has 2 aromatic rings. The third kappa shape index (κ3) is 6.54. The lowest BCUT2D eigenvalue weighted by Gasteiger charge is -2.28. The van der Waals surface area contributed by atoms with E-state index in [1.165, 1.54) is 19.4 Å². The summed E-state index contributed by atoms with van der Waals surface area (Å²) < 4.78 is 16.6. The van der Waals surface area contributed by atoms with Gasteiger partial charge in [0, 0.05) is 5.70 Å². The van der Waals surface area contributed by atoms with Crippen LogP contribution >= 0.6 is 15.9 Å². The molecule has 4 N–H and O–H groups in total. The molecule has 36 heavy (non-hydrogen) atoms. The van der Waals surface area contributed by atoms with Gasteiger partial charge in [-0.25, -0.2) is 15.0 Å². The van der Waals surface area contributed by atoms with Gasteiger partial charge in [-0.15, -0.1) is 0 Å². The monoisotopic (exact) mass is 560 g/mol. The Morgan fingerprint density at radius 2 is 2.00 bits per heavy atom. The molecular weight excluding hydrogens is 536 g/mol. The maximum absolute atomic E-state index is 12.5. The maximum Gasteiger partial charge on any atom is 0.338 e. The van der Waals surface area contributed by atoms with E-state index in [2.05, 4.69) is 37.1 Å². The number of benzene rings is 2. The number of urea groups is 1. The predicted octanol–water partition coefficient (Wildman–Crippen LogP) is 2.88. The second-order valence-electron chi connectivity index (χ2n) is 7.49. The number of phenols is 1. The van der Waals surface area contributed by atoms with Crippen LogP contribution in [-0.4, -0.2) is 49.6 Å². The summed E-state index contributed by atoms with van der Waals surface area (Å²) in [6.07, 6.45) is 1.42. The number of hydrogen-bond acceptors (Lipinski definition) is 8. The zero-order chi connectivity index (χ0) is 26.2. The first-order valence-electron chi connectivity index (χ1n) is 10.8. The van der Waals surface area contributed by atoms with E-state index in [1.807, 2.05) is 0 Å². The Kier molecular flexibility index (Phi) is 8.90. The maximum atomic E-state index is 12.5. The van der Waals surface area contributed by atoms with Crippen molar-refractivity contribution in [1.82, 2.24) is 16.1 Å². The topological polar surface area (TPSA) is 148 Å². The van der Waals surface area contributed by atoms with Gasteiger partial charge in [0.25, 0.3) is 5.91 Å². The quantitative estimate of drug-likeness (QED) is 0.209. The lowest BCUT2D eigenvalue weighted by atomic mass is 9.95. The number of carbonyl (C=O) groups is 3. The molecule has 0 spiro atoms. The molecule has 3 rings (SSSR count). The minimum absolute atomic E-state index is 0.0929. The Balaban J connectivity index is 1.68. The fraction of sp³-hybridized carbons (Fsp3) is 0.250. The van der Waals surface area contributed by atoms with Gasteiger partial charge < -0.3 is 30.0 Å². The van der Waals surface area contributed by atoms with Crippen LogP contribution in [0.4, 0.5) is 4.79 Å². The van der Waals surface area contributed by atoms with Crippen molar-refractivity contribution in [3.63, 3.8) is 0 Å². The van der Waals surface area contributed by atoms with Crippen molar-refractivity contribution in [1.29, 1.82) is 0 Å². The molecule has 2 aromatic carbocycles. The van der Waals surface area contributed by atoms with Crippen LogP contribution in [0, 0.1) is 0 Å². The minimum atomic E-state index is -0.765. The Bertz CT molecular complexity index is 1230. The number of halogens is 1. The highest BCUT2D eigenvalue weighted by Crippen LogP contribution is 2.34. The van der Waals surface area contributed by atoms with E-state index in [1.54, 1.807) is 44.2 Å². The molecule has 0 radical (unpaired) electrons. The first-order valence-corrected chi connectivity index (χ1v) is 11.6. The highest BCUT2D eigenvalue weighted by atomic mass is 79.9. The highest BCUT2D eigenvalue weighted by molar-refractivity contribution is 9.10. The Morgan fingerprint density at radius 3 is 2.69 bits per heavy atom. The summed E-state index contributed by atoms with van der Waals surface area (Å²) in [6.45, 7) is 3.16. The van der Waals surface area contributed by atoms with Crippen molar-refractivity contribution in [2.75, 3.05) is 20.3 Å². The first kappa shape index (κ1) is 26.5. The summed E-state index contributed by atoms with van der Waals surface area (Å²) in [5.74, 6) is -0.393. The minimum Gasteiger partial charge on any atom is -0.507 e. The van der Waals surface area contributed by atoms with Gasteiger partial charge in [0.2, 0.25) is 0 Å². The van der Waals surface area contributed by atoms with Crippen LogP contribution in [0.15, 0.2) is 57.2 Å². The van der Waals surface area contributed by atoms with Gasteiger partial charge in [0.1, 0.15) is 5.75 Å². The van der Waals surface area contributed by atoms with Crippen LogP contribution in [0.5, 0.6) is 17.2 Å². The molecular formula is C24H25BrN4O7. The van der Waals surface area contributed by atoms with Gasteiger partial charge in [-0.05, 0) is 71.2 Å². The van der Waals surface area contributed by atoms with Gasteiger partial charge in [-0.2, -0.15) is 5.10 Å². The van der Waals surface area contributed by atoms with Gasteiger partial charge in [-0.3, -0.25) is 4.79 Å². The second-order valence-corrected chi connectivity index (χ2v) is 8.35. The van der Waals surface area contributed by atoms with Crippen LogP contribution in [0.25, 0.3) is 0 Å². The van der Waals surface area contributed by atoms with Crippen molar-refractivity contribution in [2.24, 2.45) is 5.10 Å². The van der Waals surface area contributed by atoms with E-state index in [-0.39, 0.29) is 30.3 Å². The van der Waals surface area contributed by atoms with E-state index in [0.29, 0.717) is 27.0 Å². The number of hydrazone groups is 1. The number of aromatic hydroxyl groups is 1. The molecule has 0 bridgehead atoms. The smallest absolute Gasteiger partial charge is 0.338 e. The van der Waals surface area contributed by atoms with Crippen LogP contribution in [0.1, 0.15) is 31.0 Å². The van der Waals surface area contributed by atoms with Crippen LogP contribution < -0.4 is 25.5 Å². The molecule has 11 nitrogen and oxygen atoms in total. The Hall–Kier alpha value is -4.06. The molecule has 12 heteroatoms. The normalized spacial score (nSPS) is 15.2. The molecule has 0 saturated heterocycles. The molecule has 1 atom stereocenters. The number of allylic oxidation sites excluding steroid dienone is 1. The SMILES string of the molecule is CCOC(=O)C1=C(C)NC(=O)N[C@H]1c1ccc(OCC(=O)N/N=C\c2ccc(O)c(Br)c2)c(OC)c1. The fourth-order valence-electron chi connectivity index (χ4n) is 3.36.